The Balaban J connectivity index is 1.65. The van der Waals surface area contributed by atoms with Gasteiger partial charge in [-0.15, -0.1) is 0 Å². The van der Waals surface area contributed by atoms with Gasteiger partial charge in [0.1, 0.15) is 18.4 Å². The van der Waals surface area contributed by atoms with Gasteiger partial charge in [0.15, 0.2) is 4.80 Å². The first-order valence-electron chi connectivity index (χ1n) is 12.6. The summed E-state index contributed by atoms with van der Waals surface area (Å²) in [5.74, 6) is -0.0108. The standard InChI is InChI=1S/C30H21Cl4IN2O4S/c1-3-40-29(39)25-15(2)36-30-37(26(25)19-6-4-5-7-20(19)32)28(38)24(42-30)12-17-11-18(31)13-23(35)27(17)41-14-16-8-9-21(33)22(34)10-16/h4-13,26H,3,14H2,1-2H3/b24-12-/t26-/m1/s1. The number of halogens is 5. The third-order valence-electron chi connectivity index (χ3n) is 6.41. The molecular weight excluding hydrogens is 753 g/mol. The van der Waals surface area contributed by atoms with Crippen LogP contribution >= 0.6 is 80.3 Å². The van der Waals surface area contributed by atoms with Crippen LogP contribution in [0.1, 0.15) is 36.6 Å². The fraction of sp³-hybridized carbons (Fsp3) is 0.167. The van der Waals surface area contributed by atoms with Crippen molar-refractivity contribution in [1.29, 1.82) is 0 Å². The SMILES string of the molecule is CCOC(=O)C1=C(C)N=c2s/c(=C\c3cc(Cl)cc(I)c3OCc3ccc(Cl)c(Cl)c3)c(=O)n2[C@@H]1c1ccccc1Cl. The molecule has 216 valence electrons. The summed E-state index contributed by atoms with van der Waals surface area (Å²) in [6.45, 7) is 3.83. The van der Waals surface area contributed by atoms with Crippen LogP contribution in [0, 0.1) is 3.57 Å². The summed E-state index contributed by atoms with van der Waals surface area (Å²) in [7, 11) is 0. The third kappa shape index (κ3) is 6.30. The second-order valence-electron chi connectivity index (χ2n) is 9.17. The Bertz CT molecular complexity index is 1940. The van der Waals surface area contributed by atoms with Gasteiger partial charge in [0, 0.05) is 15.6 Å². The van der Waals surface area contributed by atoms with Crippen LogP contribution in [-0.2, 0) is 16.1 Å². The quantitative estimate of drug-likeness (QED) is 0.143. The summed E-state index contributed by atoms with van der Waals surface area (Å²) in [4.78, 5) is 32.2. The molecule has 12 heteroatoms. The number of nitrogens with zero attached hydrogens (tertiary/aromatic N) is 2. The minimum Gasteiger partial charge on any atom is -0.487 e. The molecule has 6 nitrogen and oxygen atoms in total. The van der Waals surface area contributed by atoms with E-state index in [2.05, 4.69) is 27.6 Å². The molecule has 0 spiro atoms. The van der Waals surface area contributed by atoms with Crippen LogP contribution in [0.25, 0.3) is 6.08 Å². The minimum atomic E-state index is -0.818. The highest BCUT2D eigenvalue weighted by Crippen LogP contribution is 2.35. The van der Waals surface area contributed by atoms with E-state index in [9.17, 15) is 9.59 Å². The van der Waals surface area contributed by atoms with Crippen molar-refractivity contribution in [3.8, 4) is 5.75 Å². The highest BCUT2D eigenvalue weighted by atomic mass is 127. The normalized spacial score (nSPS) is 14.9. The van der Waals surface area contributed by atoms with Crippen molar-refractivity contribution in [2.24, 2.45) is 4.99 Å². The number of hydrogen-bond donors (Lipinski definition) is 0. The summed E-state index contributed by atoms with van der Waals surface area (Å²) in [6.07, 6.45) is 1.72. The molecule has 0 saturated carbocycles. The van der Waals surface area contributed by atoms with E-state index in [0.717, 1.165) is 9.13 Å². The molecule has 0 aliphatic carbocycles. The molecule has 5 rings (SSSR count). The Hall–Kier alpha value is -2.34. The molecule has 0 N–H and O–H groups in total. The number of esters is 1. The molecule has 0 unspecified atom stereocenters. The van der Waals surface area contributed by atoms with Crippen LogP contribution in [-0.4, -0.2) is 17.1 Å². The van der Waals surface area contributed by atoms with Gasteiger partial charge in [-0.3, -0.25) is 9.36 Å². The van der Waals surface area contributed by atoms with Gasteiger partial charge in [0.25, 0.3) is 5.56 Å². The predicted molar refractivity (Wildman–Crippen MR) is 177 cm³/mol. The Kier molecular flexibility index (Phi) is 9.71. The first-order valence-corrected chi connectivity index (χ1v) is 16.0. The molecule has 1 aromatic heterocycles. The van der Waals surface area contributed by atoms with E-state index < -0.39 is 12.0 Å². The maximum atomic E-state index is 14.0. The van der Waals surface area contributed by atoms with Crippen LogP contribution in [0.3, 0.4) is 0 Å². The zero-order valence-corrected chi connectivity index (χ0v) is 28.1. The van der Waals surface area contributed by atoms with Crippen LogP contribution < -0.4 is 19.6 Å². The van der Waals surface area contributed by atoms with Gasteiger partial charge in [-0.1, -0.05) is 82.0 Å². The van der Waals surface area contributed by atoms with Crippen molar-refractivity contribution < 1.29 is 14.3 Å². The second kappa shape index (κ2) is 13.1. The Morgan fingerprint density at radius 3 is 2.55 bits per heavy atom. The first-order chi connectivity index (χ1) is 20.1. The van der Waals surface area contributed by atoms with Gasteiger partial charge in [-0.2, -0.15) is 0 Å². The summed E-state index contributed by atoms with van der Waals surface area (Å²) < 4.78 is 14.2. The molecular formula is C30H21Cl4IN2O4S. The number of thiazole rings is 1. The van der Waals surface area contributed by atoms with E-state index in [4.69, 9.17) is 55.9 Å². The van der Waals surface area contributed by atoms with E-state index in [1.165, 1.54) is 15.9 Å². The molecule has 0 radical (unpaired) electrons. The number of hydrogen-bond acceptors (Lipinski definition) is 6. The van der Waals surface area contributed by atoms with Crippen LogP contribution in [0.15, 0.2) is 75.7 Å². The summed E-state index contributed by atoms with van der Waals surface area (Å²) >= 11 is 28.6. The maximum Gasteiger partial charge on any atom is 0.338 e. The molecule has 0 amide bonds. The Morgan fingerprint density at radius 1 is 1.07 bits per heavy atom. The number of benzene rings is 3. The number of fused-ring (bicyclic) bond motifs is 1. The van der Waals surface area contributed by atoms with Gasteiger partial charge in [-0.25, -0.2) is 9.79 Å². The molecule has 3 aromatic carbocycles. The monoisotopic (exact) mass is 772 g/mol. The first kappa shape index (κ1) is 31.1. The Labute approximate surface area is 278 Å². The molecule has 2 heterocycles. The zero-order valence-electron chi connectivity index (χ0n) is 22.1. The molecule has 1 aliphatic rings. The lowest BCUT2D eigenvalue weighted by Gasteiger charge is -2.25. The predicted octanol–water partition coefficient (Wildman–Crippen LogP) is 7.60. The van der Waals surface area contributed by atoms with Crippen LogP contribution in [0.4, 0.5) is 0 Å². The van der Waals surface area contributed by atoms with Gasteiger partial charge in [0.2, 0.25) is 0 Å². The Morgan fingerprint density at radius 2 is 1.83 bits per heavy atom. The topological polar surface area (TPSA) is 69.9 Å². The fourth-order valence-corrected chi connectivity index (χ4v) is 7.36. The van der Waals surface area contributed by atoms with Gasteiger partial charge in [-0.05, 0) is 84.0 Å². The number of aromatic nitrogens is 1. The lowest BCUT2D eigenvalue weighted by atomic mass is 9.96. The molecule has 0 bridgehead atoms. The summed E-state index contributed by atoms with van der Waals surface area (Å²) in [5.41, 5.74) is 2.38. The number of ether oxygens (including phenoxy) is 2. The number of carbonyl (C=O) groups excluding carboxylic acids is 1. The van der Waals surface area contributed by atoms with Crippen molar-refractivity contribution >= 4 is 92.4 Å². The molecule has 1 atom stereocenters. The van der Waals surface area contributed by atoms with E-state index in [0.29, 0.717) is 52.0 Å². The lowest BCUT2D eigenvalue weighted by molar-refractivity contribution is -0.139. The average Bonchev–Trinajstić information content (AvgIpc) is 3.23. The number of allylic oxidation sites excluding steroid dienone is 1. The highest BCUT2D eigenvalue weighted by molar-refractivity contribution is 14.1. The molecule has 0 fully saturated rings. The van der Waals surface area contributed by atoms with E-state index >= 15 is 0 Å². The fourth-order valence-electron chi connectivity index (χ4n) is 4.55. The van der Waals surface area contributed by atoms with Gasteiger partial charge >= 0.3 is 5.97 Å². The largest absolute Gasteiger partial charge is 0.487 e. The second-order valence-corrected chi connectivity index (χ2v) is 13.0. The van der Waals surface area contributed by atoms with Crippen LogP contribution in [0.5, 0.6) is 5.75 Å². The van der Waals surface area contributed by atoms with Gasteiger partial charge < -0.3 is 9.47 Å². The van der Waals surface area contributed by atoms with Crippen LogP contribution in [0.2, 0.25) is 20.1 Å². The van der Waals surface area contributed by atoms with Crippen molar-refractivity contribution in [3.63, 3.8) is 0 Å². The molecule has 0 saturated heterocycles. The van der Waals surface area contributed by atoms with E-state index in [1.807, 2.05) is 6.07 Å². The molecule has 1 aliphatic heterocycles. The lowest BCUT2D eigenvalue weighted by Crippen LogP contribution is -2.40. The summed E-state index contributed by atoms with van der Waals surface area (Å²) in [6, 6.07) is 15.1. The average molecular weight is 774 g/mol. The minimum absolute atomic E-state index is 0.174. The van der Waals surface area contributed by atoms with E-state index in [1.54, 1.807) is 68.5 Å². The van der Waals surface area contributed by atoms with Crippen molar-refractivity contribution in [3.05, 3.63) is 126 Å². The summed E-state index contributed by atoms with van der Waals surface area (Å²) in [5, 5.41) is 1.77. The van der Waals surface area contributed by atoms with Gasteiger partial charge in [0.05, 0.1) is 36.0 Å². The van der Waals surface area contributed by atoms with Crippen molar-refractivity contribution in [1.82, 2.24) is 4.57 Å². The number of carbonyl (C=O) groups is 1. The van der Waals surface area contributed by atoms with Crippen molar-refractivity contribution in [2.75, 3.05) is 6.61 Å². The molecule has 4 aromatic rings. The third-order valence-corrected chi connectivity index (χ3v) is 9.49. The smallest absolute Gasteiger partial charge is 0.338 e. The maximum absolute atomic E-state index is 14.0. The van der Waals surface area contributed by atoms with E-state index in [-0.39, 0.29) is 24.3 Å². The molecule has 42 heavy (non-hydrogen) atoms. The number of rotatable bonds is 7. The zero-order chi connectivity index (χ0) is 30.1. The highest BCUT2D eigenvalue weighted by Gasteiger charge is 2.34. The van der Waals surface area contributed by atoms with Crippen molar-refractivity contribution in [2.45, 2.75) is 26.5 Å².